The third kappa shape index (κ3) is 4.19. The Morgan fingerprint density at radius 1 is 1.36 bits per heavy atom. The summed E-state index contributed by atoms with van der Waals surface area (Å²) in [5.74, 6) is 4.14. The number of aliphatic imine (C=N–C) groups is 1. The molecule has 0 amide bonds. The quantitative estimate of drug-likeness (QED) is 0.605. The van der Waals surface area contributed by atoms with Crippen molar-refractivity contribution in [2.24, 2.45) is 10.9 Å². The molecule has 8 heteroatoms. The van der Waals surface area contributed by atoms with Crippen molar-refractivity contribution >= 4 is 17.7 Å². The molecule has 28 heavy (non-hydrogen) atoms. The Hall–Kier alpha value is -1.25. The average Bonchev–Trinajstić information content (AvgIpc) is 3.43. The van der Waals surface area contributed by atoms with Gasteiger partial charge in [-0.15, -0.1) is 0 Å². The Morgan fingerprint density at radius 3 is 2.89 bits per heavy atom. The summed E-state index contributed by atoms with van der Waals surface area (Å²) in [5, 5.41) is 3.76. The zero-order valence-corrected chi connectivity index (χ0v) is 18.0. The third-order valence-electron chi connectivity index (χ3n) is 6.68. The van der Waals surface area contributed by atoms with Gasteiger partial charge in [-0.05, 0) is 24.5 Å². The van der Waals surface area contributed by atoms with E-state index in [2.05, 4.69) is 54.5 Å². The van der Waals surface area contributed by atoms with E-state index in [1.165, 1.54) is 24.3 Å². The molecule has 0 spiro atoms. The maximum atomic E-state index is 5.60. The van der Waals surface area contributed by atoms with Crippen LogP contribution in [0.4, 0.5) is 0 Å². The average molecular weight is 407 g/mol. The van der Waals surface area contributed by atoms with Crippen molar-refractivity contribution in [1.82, 2.24) is 24.7 Å². The van der Waals surface area contributed by atoms with E-state index in [9.17, 15) is 0 Å². The van der Waals surface area contributed by atoms with Gasteiger partial charge in [0.05, 0.1) is 25.6 Å². The van der Waals surface area contributed by atoms with E-state index >= 15 is 0 Å². The largest absolute Gasteiger partial charge is 0.379 e. The maximum Gasteiger partial charge on any atom is 0.193 e. The maximum absolute atomic E-state index is 5.60. The minimum Gasteiger partial charge on any atom is -0.379 e. The lowest BCUT2D eigenvalue weighted by Crippen LogP contribution is -2.60. The lowest BCUT2D eigenvalue weighted by molar-refractivity contribution is -0.0122. The van der Waals surface area contributed by atoms with E-state index in [0.717, 1.165) is 51.9 Å². The van der Waals surface area contributed by atoms with Gasteiger partial charge in [-0.3, -0.25) is 9.89 Å². The standard InChI is InChI=1S/C20H34N6OS/c1-17-3-6-24(13-18(17)25-7-5-22-16-25)19(21-2)23-14-20(4-12-28-15-20)26-8-10-27-11-9-26/h5,7,16-18H,3-4,6,8-15H2,1-2H3,(H,21,23). The summed E-state index contributed by atoms with van der Waals surface area (Å²) in [6.07, 6.45) is 8.33. The number of aromatic nitrogens is 2. The van der Waals surface area contributed by atoms with Crippen LogP contribution in [0.25, 0.3) is 0 Å². The van der Waals surface area contributed by atoms with Gasteiger partial charge in [0.25, 0.3) is 0 Å². The molecule has 0 bridgehead atoms. The van der Waals surface area contributed by atoms with Crippen LogP contribution in [0.15, 0.2) is 23.7 Å². The molecule has 3 aliphatic rings. The molecule has 1 aromatic heterocycles. The van der Waals surface area contributed by atoms with E-state index in [4.69, 9.17) is 4.74 Å². The first-order chi connectivity index (χ1) is 13.7. The molecule has 156 valence electrons. The number of hydrogen-bond acceptors (Lipinski definition) is 5. The van der Waals surface area contributed by atoms with E-state index in [1.807, 2.05) is 19.6 Å². The Labute approximate surface area is 172 Å². The highest BCUT2D eigenvalue weighted by Gasteiger charge is 2.41. The van der Waals surface area contributed by atoms with Gasteiger partial charge in [-0.1, -0.05) is 6.92 Å². The number of piperidine rings is 1. The van der Waals surface area contributed by atoms with Crippen LogP contribution in [0.2, 0.25) is 0 Å². The summed E-state index contributed by atoms with van der Waals surface area (Å²) >= 11 is 2.08. The minimum absolute atomic E-state index is 0.233. The van der Waals surface area contributed by atoms with Crippen LogP contribution in [0.1, 0.15) is 25.8 Å². The number of nitrogens with zero attached hydrogens (tertiary/aromatic N) is 5. The molecule has 4 rings (SSSR count). The Bertz CT molecular complexity index is 639. The molecule has 3 saturated heterocycles. The molecule has 0 aliphatic carbocycles. The molecule has 3 unspecified atom stereocenters. The fourth-order valence-electron chi connectivity index (χ4n) is 4.81. The molecule has 1 aromatic rings. The van der Waals surface area contributed by atoms with Gasteiger partial charge >= 0.3 is 0 Å². The molecule has 1 N–H and O–H groups in total. The van der Waals surface area contributed by atoms with Crippen LogP contribution in [-0.4, -0.2) is 95.3 Å². The normalized spacial score (nSPS) is 32.6. The summed E-state index contributed by atoms with van der Waals surface area (Å²) in [6.45, 7) is 9.17. The molecule has 3 atom stereocenters. The van der Waals surface area contributed by atoms with Gasteiger partial charge in [-0.2, -0.15) is 11.8 Å². The SMILES string of the molecule is CN=C(NCC1(N2CCOCC2)CCSC1)N1CCC(C)C(n2ccnc2)C1. The third-order valence-corrected chi connectivity index (χ3v) is 7.91. The van der Waals surface area contributed by atoms with Crippen molar-refractivity contribution in [2.45, 2.75) is 31.3 Å². The van der Waals surface area contributed by atoms with Crippen molar-refractivity contribution in [2.75, 3.05) is 64.5 Å². The van der Waals surface area contributed by atoms with E-state index in [0.29, 0.717) is 12.0 Å². The van der Waals surface area contributed by atoms with Crippen LogP contribution in [-0.2, 0) is 4.74 Å². The zero-order valence-electron chi connectivity index (χ0n) is 17.2. The minimum atomic E-state index is 0.233. The van der Waals surface area contributed by atoms with Crippen molar-refractivity contribution in [1.29, 1.82) is 0 Å². The Morgan fingerprint density at radius 2 is 2.21 bits per heavy atom. The highest BCUT2D eigenvalue weighted by molar-refractivity contribution is 7.99. The smallest absolute Gasteiger partial charge is 0.193 e. The fourth-order valence-corrected chi connectivity index (χ4v) is 6.28. The molecule has 3 fully saturated rings. The first-order valence-corrected chi connectivity index (χ1v) is 11.7. The van der Waals surface area contributed by atoms with Gasteiger partial charge in [0.15, 0.2) is 5.96 Å². The number of morpholine rings is 1. The highest BCUT2D eigenvalue weighted by atomic mass is 32.2. The number of ether oxygens (including phenoxy) is 1. The van der Waals surface area contributed by atoms with Crippen LogP contribution >= 0.6 is 11.8 Å². The predicted molar refractivity (Wildman–Crippen MR) is 115 cm³/mol. The van der Waals surface area contributed by atoms with Crippen LogP contribution < -0.4 is 5.32 Å². The fraction of sp³-hybridized carbons (Fsp3) is 0.800. The lowest BCUT2D eigenvalue weighted by Gasteiger charge is -2.44. The number of imidazole rings is 1. The second-order valence-electron chi connectivity index (χ2n) is 8.32. The predicted octanol–water partition coefficient (Wildman–Crippen LogP) is 1.55. The van der Waals surface area contributed by atoms with E-state index < -0.39 is 0 Å². The Kier molecular flexibility index (Phi) is 6.48. The molecule has 7 nitrogen and oxygen atoms in total. The van der Waals surface area contributed by atoms with Crippen molar-refractivity contribution in [3.63, 3.8) is 0 Å². The van der Waals surface area contributed by atoms with Crippen molar-refractivity contribution < 1.29 is 4.74 Å². The number of likely N-dealkylation sites (tertiary alicyclic amines) is 1. The molecule has 0 radical (unpaired) electrons. The second-order valence-corrected chi connectivity index (χ2v) is 9.42. The topological polar surface area (TPSA) is 57.9 Å². The second kappa shape index (κ2) is 9.05. The molecular formula is C20H34N6OS. The Balaban J connectivity index is 1.41. The van der Waals surface area contributed by atoms with E-state index in [1.54, 1.807) is 0 Å². The number of hydrogen-bond donors (Lipinski definition) is 1. The van der Waals surface area contributed by atoms with Crippen LogP contribution in [0.3, 0.4) is 0 Å². The summed E-state index contributed by atoms with van der Waals surface area (Å²) in [6, 6.07) is 0.449. The summed E-state index contributed by atoms with van der Waals surface area (Å²) in [7, 11) is 1.91. The van der Waals surface area contributed by atoms with Crippen molar-refractivity contribution in [3.05, 3.63) is 18.7 Å². The van der Waals surface area contributed by atoms with Crippen molar-refractivity contribution in [3.8, 4) is 0 Å². The summed E-state index contributed by atoms with van der Waals surface area (Å²) in [5.41, 5.74) is 0.233. The molecule has 4 heterocycles. The lowest BCUT2D eigenvalue weighted by atomic mass is 9.93. The van der Waals surface area contributed by atoms with E-state index in [-0.39, 0.29) is 5.54 Å². The summed E-state index contributed by atoms with van der Waals surface area (Å²) in [4.78, 5) is 14.0. The van der Waals surface area contributed by atoms with Gasteiger partial charge in [-0.25, -0.2) is 4.98 Å². The number of nitrogens with one attached hydrogen (secondary N) is 1. The first kappa shape index (κ1) is 20.0. The van der Waals surface area contributed by atoms with Crippen LogP contribution in [0.5, 0.6) is 0 Å². The molecule has 3 aliphatic heterocycles. The molecule has 0 saturated carbocycles. The highest BCUT2D eigenvalue weighted by Crippen LogP contribution is 2.34. The first-order valence-electron chi connectivity index (χ1n) is 10.6. The van der Waals surface area contributed by atoms with Gasteiger partial charge in [0.1, 0.15) is 0 Å². The number of thioether (sulfide) groups is 1. The number of guanidine groups is 1. The summed E-state index contributed by atoms with van der Waals surface area (Å²) < 4.78 is 7.85. The van der Waals surface area contributed by atoms with Gasteiger partial charge in [0, 0.05) is 63.5 Å². The van der Waals surface area contributed by atoms with Gasteiger partial charge in [0.2, 0.25) is 0 Å². The molecule has 0 aromatic carbocycles. The zero-order chi connectivity index (χ0) is 19.4. The molecular weight excluding hydrogens is 372 g/mol. The number of rotatable bonds is 4. The van der Waals surface area contributed by atoms with Crippen LogP contribution in [0, 0.1) is 5.92 Å². The van der Waals surface area contributed by atoms with Gasteiger partial charge < -0.3 is 19.5 Å². The monoisotopic (exact) mass is 406 g/mol.